The van der Waals surface area contributed by atoms with Gasteiger partial charge in [0.05, 0.1) is 0 Å². The minimum absolute atomic E-state index is 0.0940. The molecule has 0 saturated carbocycles. The lowest BCUT2D eigenvalue weighted by molar-refractivity contribution is 0.0907. The van der Waals surface area contributed by atoms with Crippen molar-refractivity contribution in [2.24, 2.45) is 0 Å². The summed E-state index contributed by atoms with van der Waals surface area (Å²) >= 11 is 0. The van der Waals surface area contributed by atoms with Gasteiger partial charge in [-0.1, -0.05) is 53.2 Å². The topological polar surface area (TPSA) is 100 Å². The first-order valence-corrected chi connectivity index (χ1v) is 9.25. The average molecular weight is 393 g/mol. The van der Waals surface area contributed by atoms with Crippen molar-refractivity contribution in [2.75, 3.05) is 18.9 Å². The highest BCUT2D eigenvalue weighted by Gasteiger charge is 2.16. The van der Waals surface area contributed by atoms with Gasteiger partial charge in [-0.15, -0.1) is 0 Å². The number of amides is 3. The van der Waals surface area contributed by atoms with E-state index in [-0.39, 0.29) is 11.9 Å². The lowest BCUT2D eigenvalue weighted by Crippen LogP contribution is -2.33. The van der Waals surface area contributed by atoms with Gasteiger partial charge in [-0.2, -0.15) is 4.98 Å². The SMILES string of the molecule is Cc1ccc(CNC(=O)c2nc(CCN(C)C(=O)Nc3ccccc3)no2)cc1. The van der Waals surface area contributed by atoms with Crippen molar-refractivity contribution >= 4 is 17.6 Å². The highest BCUT2D eigenvalue weighted by atomic mass is 16.5. The maximum absolute atomic E-state index is 12.2. The number of nitrogens with one attached hydrogen (secondary N) is 2. The molecule has 1 heterocycles. The number of hydrogen-bond donors (Lipinski definition) is 2. The van der Waals surface area contributed by atoms with E-state index >= 15 is 0 Å². The van der Waals surface area contributed by atoms with E-state index in [1.807, 2.05) is 61.5 Å². The molecule has 29 heavy (non-hydrogen) atoms. The summed E-state index contributed by atoms with van der Waals surface area (Å²) in [5.41, 5.74) is 2.86. The Morgan fingerprint density at radius 1 is 1.07 bits per heavy atom. The van der Waals surface area contributed by atoms with Crippen LogP contribution in [-0.2, 0) is 13.0 Å². The molecule has 3 rings (SSSR count). The van der Waals surface area contributed by atoms with Crippen LogP contribution < -0.4 is 10.6 Å². The number of urea groups is 1. The molecule has 3 amide bonds. The van der Waals surface area contributed by atoms with Gasteiger partial charge < -0.3 is 20.1 Å². The molecule has 1 aromatic heterocycles. The van der Waals surface area contributed by atoms with Crippen molar-refractivity contribution in [1.82, 2.24) is 20.4 Å². The lowest BCUT2D eigenvalue weighted by Gasteiger charge is -2.16. The normalized spacial score (nSPS) is 10.4. The number of carbonyl (C=O) groups excluding carboxylic acids is 2. The molecule has 0 bridgehead atoms. The molecule has 0 atom stereocenters. The Labute approximate surface area is 168 Å². The van der Waals surface area contributed by atoms with Crippen LogP contribution in [0.25, 0.3) is 0 Å². The van der Waals surface area contributed by atoms with Crippen LogP contribution in [0, 0.1) is 6.92 Å². The van der Waals surface area contributed by atoms with Gasteiger partial charge in [0.1, 0.15) is 0 Å². The predicted molar refractivity (Wildman–Crippen MR) is 108 cm³/mol. The van der Waals surface area contributed by atoms with Crippen molar-refractivity contribution in [2.45, 2.75) is 19.9 Å². The number of benzene rings is 2. The summed E-state index contributed by atoms with van der Waals surface area (Å²) in [4.78, 5) is 30.0. The summed E-state index contributed by atoms with van der Waals surface area (Å²) in [5.74, 6) is -0.159. The van der Waals surface area contributed by atoms with Gasteiger partial charge in [0.25, 0.3) is 0 Å². The number of nitrogens with zero attached hydrogens (tertiary/aromatic N) is 3. The summed E-state index contributed by atoms with van der Waals surface area (Å²) in [6.07, 6.45) is 0.369. The molecule has 8 heteroatoms. The fourth-order valence-electron chi connectivity index (χ4n) is 2.52. The first-order chi connectivity index (χ1) is 14.0. The second kappa shape index (κ2) is 9.50. The molecule has 8 nitrogen and oxygen atoms in total. The molecule has 2 aromatic carbocycles. The van der Waals surface area contributed by atoms with Crippen LogP contribution in [0.1, 0.15) is 27.6 Å². The monoisotopic (exact) mass is 393 g/mol. The Morgan fingerprint density at radius 3 is 2.52 bits per heavy atom. The van der Waals surface area contributed by atoms with E-state index in [0.717, 1.165) is 16.8 Å². The molecule has 3 aromatic rings. The van der Waals surface area contributed by atoms with Crippen molar-refractivity contribution in [3.63, 3.8) is 0 Å². The summed E-state index contributed by atoms with van der Waals surface area (Å²) in [6, 6.07) is 16.8. The minimum Gasteiger partial charge on any atom is -0.344 e. The van der Waals surface area contributed by atoms with Gasteiger partial charge in [-0.05, 0) is 24.6 Å². The average Bonchev–Trinajstić information content (AvgIpc) is 3.21. The van der Waals surface area contributed by atoms with Crippen LogP contribution in [0.5, 0.6) is 0 Å². The third-order valence-corrected chi connectivity index (χ3v) is 4.28. The van der Waals surface area contributed by atoms with Crippen LogP contribution in [-0.4, -0.2) is 40.6 Å². The first-order valence-electron chi connectivity index (χ1n) is 9.25. The maximum Gasteiger partial charge on any atom is 0.321 e. The number of rotatable bonds is 7. The molecule has 0 fully saturated rings. The van der Waals surface area contributed by atoms with E-state index in [2.05, 4.69) is 20.8 Å². The van der Waals surface area contributed by atoms with E-state index in [0.29, 0.717) is 25.3 Å². The number of aromatic nitrogens is 2. The summed E-state index contributed by atoms with van der Waals surface area (Å²) < 4.78 is 5.03. The summed E-state index contributed by atoms with van der Waals surface area (Å²) in [5, 5.41) is 9.36. The third-order valence-electron chi connectivity index (χ3n) is 4.28. The molecule has 150 valence electrons. The largest absolute Gasteiger partial charge is 0.344 e. The standard InChI is InChI=1S/C21H23N5O3/c1-15-8-10-16(11-9-15)14-22-19(27)20-24-18(25-29-20)12-13-26(2)21(28)23-17-6-4-3-5-7-17/h3-11H,12-14H2,1-2H3,(H,22,27)(H,23,28). The molecule has 0 unspecified atom stereocenters. The number of para-hydroxylation sites is 1. The fraction of sp³-hybridized carbons (Fsp3) is 0.238. The zero-order valence-corrected chi connectivity index (χ0v) is 16.4. The van der Waals surface area contributed by atoms with Crippen LogP contribution >= 0.6 is 0 Å². The van der Waals surface area contributed by atoms with Crippen LogP contribution in [0.15, 0.2) is 59.1 Å². The number of likely N-dealkylation sites (N-methyl/N-ethyl adjacent to an activating group) is 1. The van der Waals surface area contributed by atoms with E-state index in [1.54, 1.807) is 7.05 Å². The molecular formula is C21H23N5O3. The third kappa shape index (κ3) is 5.90. The van der Waals surface area contributed by atoms with E-state index in [1.165, 1.54) is 4.90 Å². The highest BCUT2D eigenvalue weighted by Crippen LogP contribution is 2.07. The van der Waals surface area contributed by atoms with Gasteiger partial charge in [-0.3, -0.25) is 4.79 Å². The van der Waals surface area contributed by atoms with Crippen molar-refractivity contribution < 1.29 is 14.1 Å². The van der Waals surface area contributed by atoms with Gasteiger partial charge in [0.15, 0.2) is 5.82 Å². The first kappa shape index (κ1) is 20.1. The van der Waals surface area contributed by atoms with E-state index < -0.39 is 5.91 Å². The summed E-state index contributed by atoms with van der Waals surface area (Å²) in [6.45, 7) is 2.76. The van der Waals surface area contributed by atoms with Crippen molar-refractivity contribution in [3.8, 4) is 0 Å². The molecule has 0 saturated heterocycles. The quantitative estimate of drug-likeness (QED) is 0.643. The van der Waals surface area contributed by atoms with Gasteiger partial charge >= 0.3 is 17.8 Å². The van der Waals surface area contributed by atoms with E-state index in [4.69, 9.17) is 4.52 Å². The van der Waals surface area contributed by atoms with Crippen LogP contribution in [0.2, 0.25) is 0 Å². The number of hydrogen-bond acceptors (Lipinski definition) is 5. The Bertz CT molecular complexity index is 954. The Kier molecular flexibility index (Phi) is 6.57. The lowest BCUT2D eigenvalue weighted by atomic mass is 10.1. The molecule has 0 radical (unpaired) electrons. The second-order valence-corrected chi connectivity index (χ2v) is 6.65. The van der Waals surface area contributed by atoms with Crippen molar-refractivity contribution in [1.29, 1.82) is 0 Å². The van der Waals surface area contributed by atoms with Crippen molar-refractivity contribution in [3.05, 3.63) is 77.4 Å². The molecule has 2 N–H and O–H groups in total. The molecule has 0 aliphatic heterocycles. The maximum atomic E-state index is 12.2. The van der Waals surface area contributed by atoms with Crippen LogP contribution in [0.3, 0.4) is 0 Å². The summed E-state index contributed by atoms with van der Waals surface area (Å²) in [7, 11) is 1.67. The molecule has 0 spiro atoms. The zero-order valence-electron chi connectivity index (χ0n) is 16.4. The van der Waals surface area contributed by atoms with Gasteiger partial charge in [-0.25, -0.2) is 4.79 Å². The zero-order chi connectivity index (χ0) is 20.6. The predicted octanol–water partition coefficient (Wildman–Crippen LogP) is 3.01. The smallest absolute Gasteiger partial charge is 0.321 e. The number of anilines is 1. The Hall–Kier alpha value is -3.68. The van der Waals surface area contributed by atoms with E-state index in [9.17, 15) is 9.59 Å². The van der Waals surface area contributed by atoms with Gasteiger partial charge in [0, 0.05) is 32.2 Å². The number of carbonyl (C=O) groups is 2. The minimum atomic E-state index is -0.431. The molecular weight excluding hydrogens is 370 g/mol. The second-order valence-electron chi connectivity index (χ2n) is 6.65. The molecule has 0 aliphatic rings. The highest BCUT2D eigenvalue weighted by molar-refractivity contribution is 5.89. The number of aryl methyl sites for hydroxylation is 1. The Morgan fingerprint density at radius 2 is 1.79 bits per heavy atom. The van der Waals surface area contributed by atoms with Crippen LogP contribution in [0.4, 0.5) is 10.5 Å². The fourth-order valence-corrected chi connectivity index (χ4v) is 2.52. The Balaban J connectivity index is 1.46. The van der Waals surface area contributed by atoms with Gasteiger partial charge in [0.2, 0.25) is 0 Å². The molecule has 0 aliphatic carbocycles.